The second kappa shape index (κ2) is 4.64. The van der Waals surface area contributed by atoms with Crippen molar-refractivity contribution in [2.75, 3.05) is 0 Å². The summed E-state index contributed by atoms with van der Waals surface area (Å²) in [7, 11) is 0. The highest BCUT2D eigenvalue weighted by molar-refractivity contribution is 6.09. The molecule has 0 amide bonds. The zero-order chi connectivity index (χ0) is 13.3. The number of ketones is 1. The predicted octanol–water partition coefficient (Wildman–Crippen LogP) is 3.64. The van der Waals surface area contributed by atoms with Gasteiger partial charge >= 0.3 is 0 Å². The third-order valence-corrected chi connectivity index (χ3v) is 2.61. The molecule has 2 aromatic rings. The molecule has 0 aromatic heterocycles. The molecule has 0 aliphatic carbocycles. The molecule has 0 saturated carbocycles. The van der Waals surface area contributed by atoms with E-state index in [0.717, 1.165) is 6.07 Å². The van der Waals surface area contributed by atoms with Crippen LogP contribution in [0.15, 0.2) is 36.4 Å². The fourth-order valence-corrected chi connectivity index (χ4v) is 1.61. The molecule has 4 heteroatoms. The van der Waals surface area contributed by atoms with Crippen molar-refractivity contribution < 1.29 is 18.0 Å². The van der Waals surface area contributed by atoms with Crippen molar-refractivity contribution in [1.29, 1.82) is 0 Å². The van der Waals surface area contributed by atoms with Crippen LogP contribution in [0.3, 0.4) is 0 Å². The number of rotatable bonds is 2. The lowest BCUT2D eigenvalue weighted by Gasteiger charge is -2.05. The monoisotopic (exact) mass is 250 g/mol. The molecule has 0 aliphatic rings. The van der Waals surface area contributed by atoms with Crippen LogP contribution in [-0.4, -0.2) is 5.78 Å². The lowest BCUT2D eigenvalue weighted by molar-refractivity contribution is 0.103. The second-order valence-corrected chi connectivity index (χ2v) is 3.90. The van der Waals surface area contributed by atoms with Crippen LogP contribution in [-0.2, 0) is 0 Å². The highest BCUT2D eigenvalue weighted by Crippen LogP contribution is 2.19. The molecule has 0 atom stereocenters. The van der Waals surface area contributed by atoms with Crippen LogP contribution in [0.2, 0.25) is 0 Å². The first kappa shape index (κ1) is 12.4. The van der Waals surface area contributed by atoms with E-state index >= 15 is 0 Å². The fraction of sp³-hybridized carbons (Fsp3) is 0.0714. The smallest absolute Gasteiger partial charge is 0.196 e. The first-order valence-corrected chi connectivity index (χ1v) is 5.25. The fourth-order valence-electron chi connectivity index (χ4n) is 1.61. The van der Waals surface area contributed by atoms with Gasteiger partial charge in [-0.25, -0.2) is 13.2 Å². The molecule has 0 saturated heterocycles. The number of aryl methyl sites for hydroxylation is 1. The summed E-state index contributed by atoms with van der Waals surface area (Å²) in [5.74, 6) is -3.61. The molecule has 0 spiro atoms. The minimum Gasteiger partial charge on any atom is -0.288 e. The van der Waals surface area contributed by atoms with Gasteiger partial charge in [-0.1, -0.05) is 18.2 Å². The molecule has 1 nitrogen and oxygen atoms in total. The molecule has 0 unspecified atom stereocenters. The molecule has 0 N–H and O–H groups in total. The number of hydrogen-bond donors (Lipinski definition) is 0. The number of halogens is 3. The minimum absolute atomic E-state index is 0.0165. The Kier molecular flexibility index (Phi) is 3.19. The predicted molar refractivity (Wildman–Crippen MR) is 60.9 cm³/mol. The van der Waals surface area contributed by atoms with Crippen molar-refractivity contribution in [1.82, 2.24) is 0 Å². The number of carbonyl (C=O) groups is 1. The summed E-state index contributed by atoms with van der Waals surface area (Å²) in [6.45, 7) is 1.40. The van der Waals surface area contributed by atoms with E-state index in [1.54, 1.807) is 0 Å². The van der Waals surface area contributed by atoms with Gasteiger partial charge in [-0.3, -0.25) is 4.79 Å². The standard InChI is InChI=1S/C14H9F3O/c1-8-5-6-11(13(17)12(8)16)14(18)9-3-2-4-10(15)7-9/h2-7H,1H3. The van der Waals surface area contributed by atoms with Gasteiger partial charge in [-0.05, 0) is 30.7 Å². The molecule has 0 aliphatic heterocycles. The summed E-state index contributed by atoms with van der Waals surface area (Å²) < 4.78 is 39.9. The third kappa shape index (κ3) is 2.14. The molecule has 0 fully saturated rings. The van der Waals surface area contributed by atoms with E-state index in [-0.39, 0.29) is 11.1 Å². The maximum absolute atomic E-state index is 13.6. The molecule has 2 rings (SSSR count). The molecular formula is C14H9F3O. The first-order chi connectivity index (χ1) is 8.50. The summed E-state index contributed by atoms with van der Waals surface area (Å²) >= 11 is 0. The summed E-state index contributed by atoms with van der Waals surface area (Å²) in [5, 5.41) is 0. The molecular weight excluding hydrogens is 241 g/mol. The van der Waals surface area contributed by atoms with Gasteiger partial charge in [-0.2, -0.15) is 0 Å². The van der Waals surface area contributed by atoms with E-state index < -0.39 is 28.8 Å². The van der Waals surface area contributed by atoms with E-state index in [2.05, 4.69) is 0 Å². The second-order valence-electron chi connectivity index (χ2n) is 3.90. The quantitative estimate of drug-likeness (QED) is 0.743. The number of carbonyl (C=O) groups excluding carboxylic acids is 1. The van der Waals surface area contributed by atoms with Gasteiger partial charge < -0.3 is 0 Å². The van der Waals surface area contributed by atoms with Crippen molar-refractivity contribution in [3.8, 4) is 0 Å². The lowest BCUT2D eigenvalue weighted by Crippen LogP contribution is -2.07. The maximum Gasteiger partial charge on any atom is 0.196 e. The van der Waals surface area contributed by atoms with E-state index in [1.807, 2.05) is 0 Å². The molecule has 0 radical (unpaired) electrons. The summed E-state index contributed by atoms with van der Waals surface area (Å²) in [6.07, 6.45) is 0. The van der Waals surface area contributed by atoms with Gasteiger partial charge in [0.05, 0.1) is 5.56 Å². The van der Waals surface area contributed by atoms with Gasteiger partial charge in [0.25, 0.3) is 0 Å². The average molecular weight is 250 g/mol. The molecule has 0 heterocycles. The van der Waals surface area contributed by atoms with Crippen molar-refractivity contribution in [2.24, 2.45) is 0 Å². The van der Waals surface area contributed by atoms with Gasteiger partial charge in [0.1, 0.15) is 5.82 Å². The van der Waals surface area contributed by atoms with Crippen molar-refractivity contribution in [3.63, 3.8) is 0 Å². The zero-order valence-corrected chi connectivity index (χ0v) is 9.51. The molecule has 18 heavy (non-hydrogen) atoms. The van der Waals surface area contributed by atoms with Gasteiger partial charge in [0.2, 0.25) is 0 Å². The normalized spacial score (nSPS) is 10.4. The Hall–Kier alpha value is -2.10. The SMILES string of the molecule is Cc1ccc(C(=O)c2cccc(F)c2)c(F)c1F. The van der Waals surface area contributed by atoms with Crippen molar-refractivity contribution in [2.45, 2.75) is 6.92 Å². The molecule has 0 bridgehead atoms. The van der Waals surface area contributed by atoms with E-state index in [4.69, 9.17) is 0 Å². The Bertz CT molecular complexity index is 620. The summed E-state index contributed by atoms with van der Waals surface area (Å²) in [6, 6.07) is 7.35. The Morgan fingerprint density at radius 1 is 1.00 bits per heavy atom. The highest BCUT2D eigenvalue weighted by atomic mass is 19.2. The number of hydrogen-bond acceptors (Lipinski definition) is 1. The number of benzene rings is 2. The molecule has 2 aromatic carbocycles. The van der Waals surface area contributed by atoms with Crippen LogP contribution in [0.25, 0.3) is 0 Å². The van der Waals surface area contributed by atoms with Crippen molar-refractivity contribution in [3.05, 3.63) is 70.5 Å². The topological polar surface area (TPSA) is 17.1 Å². The highest BCUT2D eigenvalue weighted by Gasteiger charge is 2.18. The van der Waals surface area contributed by atoms with Gasteiger partial charge in [-0.15, -0.1) is 0 Å². The van der Waals surface area contributed by atoms with Crippen LogP contribution in [0, 0.1) is 24.4 Å². The van der Waals surface area contributed by atoms with E-state index in [0.29, 0.717) is 0 Å². The van der Waals surface area contributed by atoms with Gasteiger partial charge in [0, 0.05) is 5.56 Å². The Balaban J connectivity index is 2.50. The summed E-state index contributed by atoms with van der Waals surface area (Å²) in [4.78, 5) is 11.9. The van der Waals surface area contributed by atoms with Gasteiger partial charge in [0.15, 0.2) is 17.4 Å². The zero-order valence-electron chi connectivity index (χ0n) is 9.51. The average Bonchev–Trinajstić information content (AvgIpc) is 2.35. The van der Waals surface area contributed by atoms with Crippen molar-refractivity contribution >= 4 is 5.78 Å². The third-order valence-electron chi connectivity index (χ3n) is 2.61. The Labute approximate surface area is 102 Å². The summed E-state index contributed by atoms with van der Waals surface area (Å²) in [5.41, 5.74) is -0.302. The van der Waals surface area contributed by atoms with Crippen LogP contribution in [0.5, 0.6) is 0 Å². The van der Waals surface area contributed by atoms with E-state index in [9.17, 15) is 18.0 Å². The first-order valence-electron chi connectivity index (χ1n) is 5.25. The Morgan fingerprint density at radius 2 is 1.72 bits per heavy atom. The van der Waals surface area contributed by atoms with Crippen LogP contribution < -0.4 is 0 Å². The van der Waals surface area contributed by atoms with Crippen LogP contribution in [0.4, 0.5) is 13.2 Å². The molecule has 92 valence electrons. The maximum atomic E-state index is 13.6. The lowest BCUT2D eigenvalue weighted by atomic mass is 10.0. The minimum atomic E-state index is -1.20. The van der Waals surface area contributed by atoms with Crippen LogP contribution >= 0.6 is 0 Å². The van der Waals surface area contributed by atoms with E-state index in [1.165, 1.54) is 37.3 Å². The largest absolute Gasteiger partial charge is 0.288 e. The van der Waals surface area contributed by atoms with Crippen LogP contribution in [0.1, 0.15) is 21.5 Å². The Morgan fingerprint density at radius 3 is 2.39 bits per heavy atom.